The van der Waals surface area contributed by atoms with Gasteiger partial charge in [-0.05, 0) is 43.0 Å². The Morgan fingerprint density at radius 2 is 1.73 bits per heavy atom. The molecule has 1 unspecified atom stereocenters. The van der Waals surface area contributed by atoms with Gasteiger partial charge in [0, 0.05) is 11.1 Å². The number of aliphatic hydroxyl groups excluding tert-OH is 1. The maximum atomic E-state index is 10.1. The van der Waals surface area contributed by atoms with Crippen molar-refractivity contribution in [1.82, 2.24) is 0 Å². The molecule has 0 bridgehead atoms. The monoisotopic (exact) mass is 300 g/mol. The van der Waals surface area contributed by atoms with Crippen molar-refractivity contribution in [2.24, 2.45) is 0 Å². The number of ether oxygens (including phenoxy) is 1. The summed E-state index contributed by atoms with van der Waals surface area (Å²) in [6.07, 6.45) is 1.11. The molecule has 2 aromatic rings. The molecule has 22 heavy (non-hydrogen) atoms. The Bertz CT molecular complexity index is 617. The molecule has 0 amide bonds. The normalized spacial score (nSPS) is 12.2. The van der Waals surface area contributed by atoms with E-state index in [1.54, 1.807) is 6.07 Å². The summed E-state index contributed by atoms with van der Waals surface area (Å²) in [6, 6.07) is 11.7. The summed E-state index contributed by atoms with van der Waals surface area (Å²) < 4.78 is 5.75. The van der Waals surface area contributed by atoms with Crippen molar-refractivity contribution in [3.05, 3.63) is 58.7 Å². The van der Waals surface area contributed by atoms with Crippen LogP contribution in [0.15, 0.2) is 36.4 Å². The summed E-state index contributed by atoms with van der Waals surface area (Å²) in [7, 11) is 0. The van der Waals surface area contributed by atoms with Gasteiger partial charge in [0.25, 0.3) is 0 Å². The first-order chi connectivity index (χ1) is 10.5. The van der Waals surface area contributed by atoms with Gasteiger partial charge in [0.1, 0.15) is 18.1 Å². The van der Waals surface area contributed by atoms with Gasteiger partial charge in [-0.2, -0.15) is 0 Å². The minimum absolute atomic E-state index is 0.115. The fourth-order valence-electron chi connectivity index (χ4n) is 2.45. The Balaban J connectivity index is 2.08. The van der Waals surface area contributed by atoms with Gasteiger partial charge >= 0.3 is 0 Å². The molecule has 2 rings (SSSR count). The molecule has 2 aromatic carbocycles. The largest absolute Gasteiger partial charge is 0.507 e. The van der Waals surface area contributed by atoms with E-state index in [1.807, 2.05) is 25.1 Å². The molecule has 0 saturated carbocycles. The molecule has 0 aliphatic rings. The van der Waals surface area contributed by atoms with Crippen molar-refractivity contribution < 1.29 is 14.9 Å². The van der Waals surface area contributed by atoms with E-state index in [4.69, 9.17) is 4.74 Å². The molecule has 0 heterocycles. The molecule has 0 spiro atoms. The van der Waals surface area contributed by atoms with Crippen molar-refractivity contribution in [3.63, 3.8) is 0 Å². The van der Waals surface area contributed by atoms with Gasteiger partial charge in [0.2, 0.25) is 0 Å². The summed E-state index contributed by atoms with van der Waals surface area (Å²) in [5.74, 6) is 1.44. The zero-order valence-electron chi connectivity index (χ0n) is 13.5. The molecule has 3 heteroatoms. The van der Waals surface area contributed by atoms with E-state index in [1.165, 1.54) is 5.56 Å². The molecule has 0 aliphatic heterocycles. The number of hydrogen-bond acceptors (Lipinski definition) is 3. The van der Waals surface area contributed by atoms with Crippen LogP contribution in [0.25, 0.3) is 0 Å². The van der Waals surface area contributed by atoms with Gasteiger partial charge in [0.15, 0.2) is 0 Å². The summed E-state index contributed by atoms with van der Waals surface area (Å²) in [4.78, 5) is 0. The first-order valence-electron chi connectivity index (χ1n) is 7.70. The van der Waals surface area contributed by atoms with Crippen molar-refractivity contribution in [2.45, 2.75) is 46.3 Å². The number of phenols is 1. The minimum atomic E-state index is -0.176. The lowest BCUT2D eigenvalue weighted by atomic mass is 9.99. The van der Waals surface area contributed by atoms with E-state index in [9.17, 15) is 10.2 Å². The lowest BCUT2D eigenvalue weighted by molar-refractivity contribution is 0.270. The van der Waals surface area contributed by atoms with Gasteiger partial charge in [-0.15, -0.1) is 0 Å². The Morgan fingerprint density at radius 1 is 1.09 bits per heavy atom. The average molecular weight is 300 g/mol. The van der Waals surface area contributed by atoms with Crippen molar-refractivity contribution in [3.8, 4) is 11.5 Å². The number of aromatic hydroxyl groups is 1. The van der Waals surface area contributed by atoms with Crippen LogP contribution in [0.5, 0.6) is 11.5 Å². The molecular formula is C19H24O3. The van der Waals surface area contributed by atoms with E-state index in [0.29, 0.717) is 17.0 Å². The quantitative estimate of drug-likeness (QED) is 0.837. The zero-order chi connectivity index (χ0) is 16.1. The molecule has 0 radical (unpaired) electrons. The fourth-order valence-corrected chi connectivity index (χ4v) is 2.45. The standard InChI is InChI=1S/C19H24O3/c1-4-14(3)15-5-7-18(8-6-15)22-12-17-10-13(2)9-16(11-20)19(17)21/h5-10,14,20-21H,4,11-12H2,1-3H3. The molecule has 3 nitrogen and oxygen atoms in total. The highest BCUT2D eigenvalue weighted by molar-refractivity contribution is 5.43. The Hall–Kier alpha value is -2.00. The third-order valence-electron chi connectivity index (χ3n) is 4.04. The first kappa shape index (κ1) is 16.4. The van der Waals surface area contributed by atoms with E-state index in [0.717, 1.165) is 17.7 Å². The number of aliphatic hydroxyl groups is 1. The second-order valence-electron chi connectivity index (χ2n) is 5.76. The van der Waals surface area contributed by atoms with Crippen LogP contribution >= 0.6 is 0 Å². The van der Waals surface area contributed by atoms with Gasteiger partial charge in [-0.3, -0.25) is 0 Å². The van der Waals surface area contributed by atoms with Crippen LogP contribution in [-0.2, 0) is 13.2 Å². The highest BCUT2D eigenvalue weighted by atomic mass is 16.5. The summed E-state index contributed by atoms with van der Waals surface area (Å²) in [5, 5.41) is 19.4. The maximum Gasteiger partial charge on any atom is 0.127 e. The molecule has 0 fully saturated rings. The maximum absolute atomic E-state index is 10.1. The number of hydrogen-bond donors (Lipinski definition) is 2. The third-order valence-corrected chi connectivity index (χ3v) is 4.04. The summed E-state index contributed by atoms with van der Waals surface area (Å²) >= 11 is 0. The van der Waals surface area contributed by atoms with Crippen LogP contribution in [-0.4, -0.2) is 10.2 Å². The molecule has 118 valence electrons. The molecule has 0 aliphatic carbocycles. The number of rotatable bonds is 6. The highest BCUT2D eigenvalue weighted by Gasteiger charge is 2.09. The van der Waals surface area contributed by atoms with Gasteiger partial charge < -0.3 is 14.9 Å². The van der Waals surface area contributed by atoms with Crippen molar-refractivity contribution in [2.75, 3.05) is 0 Å². The van der Waals surface area contributed by atoms with Crippen LogP contribution in [0, 0.1) is 6.92 Å². The Morgan fingerprint density at radius 3 is 2.32 bits per heavy atom. The second kappa shape index (κ2) is 7.32. The predicted molar refractivity (Wildman–Crippen MR) is 88.2 cm³/mol. The van der Waals surface area contributed by atoms with Crippen molar-refractivity contribution >= 4 is 0 Å². The van der Waals surface area contributed by atoms with Gasteiger partial charge in [-0.1, -0.05) is 37.6 Å². The smallest absolute Gasteiger partial charge is 0.127 e. The summed E-state index contributed by atoms with van der Waals surface area (Å²) in [6.45, 7) is 6.42. The molecule has 2 N–H and O–H groups in total. The van der Waals surface area contributed by atoms with Gasteiger partial charge in [0.05, 0.1) is 6.61 Å². The van der Waals surface area contributed by atoms with E-state index < -0.39 is 0 Å². The first-order valence-corrected chi connectivity index (χ1v) is 7.70. The zero-order valence-corrected chi connectivity index (χ0v) is 13.5. The number of benzene rings is 2. The van der Waals surface area contributed by atoms with E-state index in [-0.39, 0.29) is 19.0 Å². The predicted octanol–water partition coefficient (Wildman–Crippen LogP) is 4.29. The second-order valence-corrected chi connectivity index (χ2v) is 5.76. The molecule has 0 aromatic heterocycles. The summed E-state index contributed by atoms with van der Waals surface area (Å²) in [5.41, 5.74) is 3.52. The Labute approximate surface area is 132 Å². The average Bonchev–Trinajstić information content (AvgIpc) is 2.55. The Kier molecular flexibility index (Phi) is 5.45. The molecular weight excluding hydrogens is 276 g/mol. The van der Waals surface area contributed by atoms with Crippen LogP contribution in [0.3, 0.4) is 0 Å². The minimum Gasteiger partial charge on any atom is -0.507 e. The lowest BCUT2D eigenvalue weighted by Crippen LogP contribution is -1.99. The number of aryl methyl sites for hydroxylation is 1. The van der Waals surface area contributed by atoms with E-state index >= 15 is 0 Å². The van der Waals surface area contributed by atoms with Gasteiger partial charge in [-0.25, -0.2) is 0 Å². The molecule has 1 atom stereocenters. The topological polar surface area (TPSA) is 49.7 Å². The van der Waals surface area contributed by atoms with Crippen LogP contribution in [0.1, 0.15) is 48.4 Å². The fraction of sp³-hybridized carbons (Fsp3) is 0.368. The SMILES string of the molecule is CCC(C)c1ccc(OCc2cc(C)cc(CO)c2O)cc1. The lowest BCUT2D eigenvalue weighted by Gasteiger charge is -2.13. The van der Waals surface area contributed by atoms with Crippen LogP contribution in [0.4, 0.5) is 0 Å². The van der Waals surface area contributed by atoms with Crippen LogP contribution in [0.2, 0.25) is 0 Å². The van der Waals surface area contributed by atoms with Crippen LogP contribution < -0.4 is 4.74 Å². The van der Waals surface area contributed by atoms with Crippen molar-refractivity contribution in [1.29, 1.82) is 0 Å². The van der Waals surface area contributed by atoms with E-state index in [2.05, 4.69) is 26.0 Å². The molecule has 0 saturated heterocycles. The highest BCUT2D eigenvalue weighted by Crippen LogP contribution is 2.27. The third kappa shape index (κ3) is 3.80.